The monoisotopic (exact) mass is 177 g/mol. The van der Waals surface area contributed by atoms with Gasteiger partial charge in [-0.25, -0.2) is 0 Å². The van der Waals surface area contributed by atoms with Gasteiger partial charge >= 0.3 is 0 Å². The summed E-state index contributed by atoms with van der Waals surface area (Å²) in [5.74, 6) is -0.144. The Bertz CT molecular complexity index is 145. The summed E-state index contributed by atoms with van der Waals surface area (Å²) in [6.07, 6.45) is 0. The van der Waals surface area contributed by atoms with Gasteiger partial charge in [-0.2, -0.15) is 0 Å². The van der Waals surface area contributed by atoms with E-state index in [0.29, 0.717) is 10.2 Å². The lowest BCUT2D eigenvalue weighted by Gasteiger charge is -2.28. The van der Waals surface area contributed by atoms with E-state index in [4.69, 9.17) is 9.47 Å². The van der Waals surface area contributed by atoms with Gasteiger partial charge in [-0.3, -0.25) is 4.79 Å². The number of hydrogen-bond acceptors (Lipinski definition) is 3. The highest BCUT2D eigenvalue weighted by molar-refractivity contribution is 6.25. The Balaban J connectivity index is 4.37. The second kappa shape index (κ2) is 3.84. The van der Waals surface area contributed by atoms with Crippen molar-refractivity contribution in [1.82, 2.24) is 4.90 Å². The van der Waals surface area contributed by atoms with Crippen molar-refractivity contribution in [2.45, 2.75) is 5.41 Å². The van der Waals surface area contributed by atoms with Crippen molar-refractivity contribution in [1.29, 1.82) is 0 Å². The van der Waals surface area contributed by atoms with Crippen LogP contribution >= 0.6 is 0 Å². The normalized spacial score (nSPS) is 11.6. The molecule has 0 heterocycles. The number of ether oxygens (including phenoxy) is 2. The molecule has 0 saturated heterocycles. The van der Waals surface area contributed by atoms with Crippen molar-refractivity contribution >= 4 is 16.1 Å². The first-order chi connectivity index (χ1) is 4.98. The van der Waals surface area contributed by atoms with Gasteiger partial charge in [0, 0.05) is 28.3 Å². The van der Waals surface area contributed by atoms with Gasteiger partial charge in [0.15, 0.2) is 0 Å². The number of carbonyl (C=O) groups is 1. The van der Waals surface area contributed by atoms with E-state index in [1.165, 1.54) is 19.1 Å². The number of likely N-dealkylation sites (N-methyl/N-ethyl adjacent to an activating group) is 1. The topological polar surface area (TPSA) is 38.8 Å². The van der Waals surface area contributed by atoms with Crippen molar-refractivity contribution in [3.05, 3.63) is 0 Å². The fourth-order valence-corrected chi connectivity index (χ4v) is 1.11. The third-order valence-electron chi connectivity index (χ3n) is 1.57. The van der Waals surface area contributed by atoms with Crippen LogP contribution in [0.4, 0.5) is 0 Å². The maximum Gasteiger partial charge on any atom is 0.276 e. The molecule has 0 fully saturated rings. The maximum absolute atomic E-state index is 11.3. The lowest BCUT2D eigenvalue weighted by Crippen LogP contribution is -2.49. The van der Waals surface area contributed by atoms with E-state index in [9.17, 15) is 4.79 Å². The predicted molar refractivity (Wildman–Crippen MR) is 45.4 cm³/mol. The van der Waals surface area contributed by atoms with Crippen LogP contribution in [0.5, 0.6) is 0 Å². The highest BCUT2D eigenvalue weighted by atomic mass is 28.1. The molecule has 0 aromatic carbocycles. The molecule has 0 saturated carbocycles. The Morgan fingerprint density at radius 2 is 1.73 bits per heavy atom. The quantitative estimate of drug-likeness (QED) is 0.384. The highest BCUT2D eigenvalue weighted by Gasteiger charge is 2.33. The fourth-order valence-electron chi connectivity index (χ4n) is 0.664. The zero-order valence-electron chi connectivity index (χ0n) is 7.67. The number of carbonyl (C=O) groups excluding carboxylic acids is 1. The Labute approximate surface area is 69.9 Å². The van der Waals surface area contributed by atoms with E-state index in [2.05, 4.69) is 0 Å². The van der Waals surface area contributed by atoms with Crippen LogP contribution in [-0.4, -0.2) is 54.8 Å². The molecule has 0 atom stereocenters. The zero-order valence-corrected chi connectivity index (χ0v) is 9.67. The molecule has 0 aliphatic rings. The summed E-state index contributed by atoms with van der Waals surface area (Å²) in [5, 5.41) is 0. The average Bonchev–Trinajstić information content (AvgIpc) is 2.01. The second-order valence-electron chi connectivity index (χ2n) is 2.55. The van der Waals surface area contributed by atoms with Crippen LogP contribution in [0.3, 0.4) is 0 Å². The third-order valence-corrected chi connectivity index (χ3v) is 2.82. The minimum atomic E-state index is -1.01. The number of rotatable bonds is 3. The molecule has 66 valence electrons. The summed E-state index contributed by atoms with van der Waals surface area (Å²) in [6.45, 7) is 0. The molecule has 0 aromatic heterocycles. The summed E-state index contributed by atoms with van der Waals surface area (Å²) in [6, 6.07) is 0. The van der Waals surface area contributed by atoms with E-state index >= 15 is 0 Å². The van der Waals surface area contributed by atoms with Crippen LogP contribution in [0.1, 0.15) is 0 Å². The lowest BCUT2D eigenvalue weighted by atomic mass is 10.5. The van der Waals surface area contributed by atoms with E-state index in [1.54, 1.807) is 14.1 Å². The van der Waals surface area contributed by atoms with Gasteiger partial charge in [0.1, 0.15) is 0 Å². The summed E-state index contributed by atoms with van der Waals surface area (Å²) < 4.78 is 9.92. The van der Waals surface area contributed by atoms with E-state index in [-0.39, 0.29) is 5.91 Å². The van der Waals surface area contributed by atoms with Crippen LogP contribution in [-0.2, 0) is 14.3 Å². The van der Waals surface area contributed by atoms with Crippen LogP contribution in [0.25, 0.3) is 0 Å². The van der Waals surface area contributed by atoms with Crippen molar-refractivity contribution in [3.8, 4) is 0 Å². The summed E-state index contributed by atoms with van der Waals surface area (Å²) in [4.78, 5) is 12.8. The molecule has 1 amide bonds. The number of amides is 1. The predicted octanol–water partition coefficient (Wildman–Crippen LogP) is -1.61. The Morgan fingerprint density at radius 1 is 1.36 bits per heavy atom. The molecule has 0 aliphatic heterocycles. The van der Waals surface area contributed by atoms with Gasteiger partial charge in [-0.1, -0.05) is 0 Å². The van der Waals surface area contributed by atoms with Gasteiger partial charge in [0.05, 0.1) is 10.2 Å². The van der Waals surface area contributed by atoms with Gasteiger partial charge in [-0.15, -0.1) is 0 Å². The molecule has 0 unspecified atom stereocenters. The minimum absolute atomic E-state index is 0.144. The van der Waals surface area contributed by atoms with Crippen molar-refractivity contribution in [3.63, 3.8) is 0 Å². The average molecular weight is 177 g/mol. The van der Waals surface area contributed by atoms with Crippen LogP contribution in [0.2, 0.25) is 0 Å². The Hall–Kier alpha value is -0.393. The first-order valence-corrected chi connectivity index (χ1v) is 4.30. The molecule has 0 N–H and O–H groups in total. The standard InChI is InChI=1S/C6H15NO3Si/c1-7(2)5(8)6(11,9-3)10-4/h1-4,11H3. The lowest BCUT2D eigenvalue weighted by molar-refractivity contribution is -0.182. The zero-order chi connectivity index (χ0) is 9.07. The van der Waals surface area contributed by atoms with Crippen molar-refractivity contribution < 1.29 is 14.3 Å². The Kier molecular flexibility index (Phi) is 3.71. The summed E-state index contributed by atoms with van der Waals surface area (Å²) in [7, 11) is 6.80. The molecule has 11 heavy (non-hydrogen) atoms. The molecule has 0 aromatic rings. The minimum Gasteiger partial charge on any atom is -0.350 e. The van der Waals surface area contributed by atoms with Crippen molar-refractivity contribution in [2.24, 2.45) is 0 Å². The molecule has 5 heteroatoms. The van der Waals surface area contributed by atoms with Gasteiger partial charge in [-0.05, 0) is 0 Å². The largest absolute Gasteiger partial charge is 0.350 e. The maximum atomic E-state index is 11.3. The molecule has 0 rings (SSSR count). The molecule has 0 radical (unpaired) electrons. The molecular weight excluding hydrogens is 162 g/mol. The molecular formula is C6H15NO3Si. The SMILES string of the molecule is COC([SiH3])(OC)C(=O)N(C)C. The molecule has 4 nitrogen and oxygen atoms in total. The van der Waals surface area contributed by atoms with Crippen molar-refractivity contribution in [2.75, 3.05) is 28.3 Å². The molecule has 0 bridgehead atoms. The second-order valence-corrected chi connectivity index (χ2v) is 3.87. The number of methoxy groups -OCH3 is 2. The fraction of sp³-hybridized carbons (Fsp3) is 0.833. The van der Waals surface area contributed by atoms with Crippen LogP contribution in [0, 0.1) is 0 Å². The first kappa shape index (κ1) is 10.6. The van der Waals surface area contributed by atoms with E-state index in [1.807, 2.05) is 0 Å². The summed E-state index contributed by atoms with van der Waals surface area (Å²) >= 11 is 0. The van der Waals surface area contributed by atoms with E-state index in [0.717, 1.165) is 0 Å². The van der Waals surface area contributed by atoms with Gasteiger partial charge in [0.2, 0.25) is 5.41 Å². The summed E-state index contributed by atoms with van der Waals surface area (Å²) in [5.41, 5.74) is -1.01. The van der Waals surface area contributed by atoms with Gasteiger partial charge < -0.3 is 14.4 Å². The number of nitrogens with zero attached hydrogens (tertiary/aromatic N) is 1. The third kappa shape index (κ3) is 2.28. The Morgan fingerprint density at radius 3 is 1.82 bits per heavy atom. The van der Waals surface area contributed by atoms with E-state index < -0.39 is 5.41 Å². The molecule has 0 spiro atoms. The highest BCUT2D eigenvalue weighted by Crippen LogP contribution is 2.07. The van der Waals surface area contributed by atoms with Crippen LogP contribution < -0.4 is 0 Å². The smallest absolute Gasteiger partial charge is 0.276 e. The first-order valence-electron chi connectivity index (χ1n) is 3.30. The molecule has 0 aliphatic carbocycles. The van der Waals surface area contributed by atoms with Crippen LogP contribution in [0.15, 0.2) is 0 Å². The van der Waals surface area contributed by atoms with Gasteiger partial charge in [0.25, 0.3) is 5.91 Å². The number of hydrogen-bond donors (Lipinski definition) is 0.